The van der Waals surface area contributed by atoms with E-state index in [1.165, 1.54) is 11.0 Å². The maximum absolute atomic E-state index is 11.4. The Morgan fingerprint density at radius 2 is 1.95 bits per heavy atom. The van der Waals surface area contributed by atoms with E-state index in [1.54, 1.807) is 10.7 Å². The van der Waals surface area contributed by atoms with Gasteiger partial charge in [0.2, 0.25) is 5.89 Å². The SMILES string of the molecule is Cc1c(-c2nc3cc(C=O)cc(C#N)c3o2)cccc1-c1cccc(-n2cc3c(n2)CCN(C(=O)O)C3)c1Cl. The highest BCUT2D eigenvalue weighted by Crippen LogP contribution is 2.38. The second-order valence-corrected chi connectivity index (χ2v) is 9.66. The molecule has 0 spiro atoms. The summed E-state index contributed by atoms with van der Waals surface area (Å²) in [4.78, 5) is 28.6. The van der Waals surface area contributed by atoms with E-state index in [2.05, 4.69) is 16.2 Å². The number of rotatable bonds is 4. The minimum atomic E-state index is -0.948. The minimum Gasteiger partial charge on any atom is -0.465 e. The van der Waals surface area contributed by atoms with Crippen LogP contribution in [0, 0.1) is 18.3 Å². The Bertz CT molecular complexity index is 1850. The number of halogens is 1. The molecular formula is C29H20ClN5O4. The normalized spacial score (nSPS) is 12.8. The molecule has 1 amide bonds. The number of aromatic nitrogens is 3. The van der Waals surface area contributed by atoms with Crippen molar-refractivity contribution in [3.8, 4) is 34.3 Å². The van der Waals surface area contributed by atoms with Crippen molar-refractivity contribution in [1.29, 1.82) is 5.26 Å². The molecule has 0 saturated carbocycles. The fourth-order valence-electron chi connectivity index (χ4n) is 4.98. The van der Waals surface area contributed by atoms with Crippen molar-refractivity contribution in [3.63, 3.8) is 0 Å². The van der Waals surface area contributed by atoms with Crippen molar-refractivity contribution in [3.05, 3.63) is 87.7 Å². The zero-order valence-corrected chi connectivity index (χ0v) is 21.4. The third-order valence-electron chi connectivity index (χ3n) is 6.98. The number of hydrogen-bond donors (Lipinski definition) is 1. The molecular weight excluding hydrogens is 518 g/mol. The molecule has 3 heterocycles. The van der Waals surface area contributed by atoms with Crippen molar-refractivity contribution in [2.45, 2.75) is 19.9 Å². The summed E-state index contributed by atoms with van der Waals surface area (Å²) in [5.74, 6) is 0.332. The first-order chi connectivity index (χ1) is 18.9. The van der Waals surface area contributed by atoms with E-state index in [9.17, 15) is 20.0 Å². The second kappa shape index (κ2) is 9.42. The van der Waals surface area contributed by atoms with Crippen LogP contribution in [0.25, 0.3) is 39.4 Å². The van der Waals surface area contributed by atoms with Gasteiger partial charge in [-0.1, -0.05) is 35.9 Å². The van der Waals surface area contributed by atoms with Gasteiger partial charge in [0.25, 0.3) is 0 Å². The summed E-state index contributed by atoms with van der Waals surface area (Å²) >= 11 is 6.95. The van der Waals surface area contributed by atoms with Gasteiger partial charge in [-0.05, 0) is 42.3 Å². The van der Waals surface area contributed by atoms with Crippen LogP contribution in [0.3, 0.4) is 0 Å². The second-order valence-electron chi connectivity index (χ2n) is 9.28. The summed E-state index contributed by atoms with van der Waals surface area (Å²) in [5.41, 5.74) is 6.99. The largest absolute Gasteiger partial charge is 0.465 e. The van der Waals surface area contributed by atoms with Gasteiger partial charge in [0.15, 0.2) is 5.58 Å². The molecule has 1 aliphatic rings. The van der Waals surface area contributed by atoms with Gasteiger partial charge in [0, 0.05) is 41.4 Å². The Morgan fingerprint density at radius 3 is 2.72 bits per heavy atom. The highest BCUT2D eigenvalue weighted by molar-refractivity contribution is 6.35. The molecule has 10 heteroatoms. The maximum atomic E-state index is 11.4. The van der Waals surface area contributed by atoms with Gasteiger partial charge in [-0.3, -0.25) is 4.79 Å². The van der Waals surface area contributed by atoms with E-state index in [0.717, 1.165) is 33.5 Å². The monoisotopic (exact) mass is 537 g/mol. The van der Waals surface area contributed by atoms with E-state index in [-0.39, 0.29) is 12.1 Å². The molecule has 3 aromatic carbocycles. The Balaban J connectivity index is 1.42. The smallest absolute Gasteiger partial charge is 0.407 e. The Morgan fingerprint density at radius 1 is 1.18 bits per heavy atom. The average molecular weight is 538 g/mol. The van der Waals surface area contributed by atoms with E-state index >= 15 is 0 Å². The van der Waals surface area contributed by atoms with E-state index < -0.39 is 6.09 Å². The van der Waals surface area contributed by atoms with Crippen LogP contribution in [0.2, 0.25) is 5.02 Å². The highest BCUT2D eigenvalue weighted by atomic mass is 35.5. The molecule has 0 unspecified atom stereocenters. The lowest BCUT2D eigenvalue weighted by Crippen LogP contribution is -2.34. The number of hydrogen-bond acceptors (Lipinski definition) is 6. The van der Waals surface area contributed by atoms with Crippen molar-refractivity contribution in [2.75, 3.05) is 6.54 Å². The topological polar surface area (TPSA) is 125 Å². The Kier molecular flexibility index (Phi) is 5.89. The summed E-state index contributed by atoms with van der Waals surface area (Å²) in [5, 5.41) is 24.1. The summed E-state index contributed by atoms with van der Waals surface area (Å²) in [6, 6.07) is 16.5. The summed E-state index contributed by atoms with van der Waals surface area (Å²) in [6.07, 6.45) is 2.10. The van der Waals surface area contributed by atoms with Gasteiger partial charge >= 0.3 is 6.09 Å². The molecule has 6 rings (SSSR count). The van der Waals surface area contributed by atoms with Gasteiger partial charge in [0.1, 0.15) is 17.9 Å². The van der Waals surface area contributed by atoms with Crippen molar-refractivity contribution < 1.29 is 19.1 Å². The van der Waals surface area contributed by atoms with Gasteiger partial charge in [-0.2, -0.15) is 10.4 Å². The van der Waals surface area contributed by atoms with E-state index in [1.807, 2.05) is 49.5 Å². The number of carbonyl (C=O) groups is 2. The average Bonchev–Trinajstić information content (AvgIpc) is 3.56. The molecule has 1 N–H and O–H groups in total. The van der Waals surface area contributed by atoms with Crippen LogP contribution in [-0.4, -0.2) is 43.7 Å². The third-order valence-corrected chi connectivity index (χ3v) is 7.37. The summed E-state index contributed by atoms with van der Waals surface area (Å²) in [6.45, 7) is 2.63. The first-order valence-corrected chi connectivity index (χ1v) is 12.5. The first kappa shape index (κ1) is 24.4. The van der Waals surface area contributed by atoms with Gasteiger partial charge in [-0.15, -0.1) is 0 Å². The molecule has 9 nitrogen and oxygen atoms in total. The predicted molar refractivity (Wildman–Crippen MR) is 144 cm³/mol. The van der Waals surface area contributed by atoms with Crippen LogP contribution in [0.1, 0.15) is 32.7 Å². The number of nitrogens with zero attached hydrogens (tertiary/aromatic N) is 5. The summed E-state index contributed by atoms with van der Waals surface area (Å²) in [7, 11) is 0. The zero-order valence-electron chi connectivity index (χ0n) is 20.7. The Hall–Kier alpha value is -4.94. The highest BCUT2D eigenvalue weighted by Gasteiger charge is 2.24. The molecule has 2 aromatic heterocycles. The molecule has 5 aromatic rings. The molecule has 1 aliphatic heterocycles. The van der Waals surface area contributed by atoms with Crippen molar-refractivity contribution in [1.82, 2.24) is 19.7 Å². The number of carbonyl (C=O) groups excluding carboxylic acids is 1. The fraction of sp³-hybridized carbons (Fsp3) is 0.138. The number of carboxylic acid groups (broad SMARTS) is 1. The van der Waals surface area contributed by atoms with Crippen molar-refractivity contribution >= 4 is 35.1 Å². The number of fused-ring (bicyclic) bond motifs is 2. The predicted octanol–water partition coefficient (Wildman–Crippen LogP) is 6.03. The van der Waals surface area contributed by atoms with Gasteiger partial charge in [-0.25, -0.2) is 14.5 Å². The first-order valence-electron chi connectivity index (χ1n) is 12.1. The van der Waals surface area contributed by atoms with Crippen LogP contribution in [0.5, 0.6) is 0 Å². The van der Waals surface area contributed by atoms with Crippen LogP contribution in [0.15, 0.2) is 59.1 Å². The number of aldehydes is 1. The number of oxazole rings is 1. The van der Waals surface area contributed by atoms with Crippen LogP contribution in [0.4, 0.5) is 4.79 Å². The van der Waals surface area contributed by atoms with Gasteiger partial charge < -0.3 is 14.4 Å². The maximum Gasteiger partial charge on any atom is 0.407 e. The lowest BCUT2D eigenvalue weighted by atomic mass is 9.96. The molecule has 0 radical (unpaired) electrons. The molecule has 39 heavy (non-hydrogen) atoms. The lowest BCUT2D eigenvalue weighted by molar-refractivity contribution is 0.112. The third kappa shape index (κ3) is 4.11. The number of benzene rings is 3. The number of nitriles is 1. The minimum absolute atomic E-state index is 0.242. The molecule has 0 aliphatic carbocycles. The van der Waals surface area contributed by atoms with E-state index in [4.69, 9.17) is 16.0 Å². The van der Waals surface area contributed by atoms with Crippen LogP contribution >= 0.6 is 11.6 Å². The van der Waals surface area contributed by atoms with Crippen molar-refractivity contribution in [2.24, 2.45) is 0 Å². The van der Waals surface area contributed by atoms with Crippen LogP contribution in [-0.2, 0) is 13.0 Å². The molecule has 0 saturated heterocycles. The Labute approximate surface area is 227 Å². The number of amides is 1. The fourth-order valence-corrected chi connectivity index (χ4v) is 5.30. The molecule has 0 fully saturated rings. The van der Waals surface area contributed by atoms with Gasteiger partial charge in [0.05, 0.1) is 28.5 Å². The molecule has 192 valence electrons. The standard InChI is InChI=1S/C29H20ClN5O4/c1-16-20(4-2-5-21(16)28-32-24-11-17(15-36)10-18(12-31)27(24)39-28)22-6-3-7-25(26(22)30)35-14-19-13-34(29(37)38)9-8-23(19)33-35/h2-7,10-11,14-15H,8-9,13H2,1H3,(H,37,38). The summed E-state index contributed by atoms with van der Waals surface area (Å²) < 4.78 is 7.70. The van der Waals surface area contributed by atoms with E-state index in [0.29, 0.717) is 52.5 Å². The van der Waals surface area contributed by atoms with Crippen LogP contribution < -0.4 is 0 Å². The zero-order chi connectivity index (χ0) is 27.3. The molecule has 0 atom stereocenters. The lowest BCUT2D eigenvalue weighted by Gasteiger charge is -2.22. The molecule has 0 bridgehead atoms. The quantitative estimate of drug-likeness (QED) is 0.277.